The van der Waals surface area contributed by atoms with E-state index in [1.165, 1.54) is 12.1 Å². The first-order valence-corrected chi connectivity index (χ1v) is 7.82. The molecule has 0 aliphatic rings. The van der Waals surface area contributed by atoms with Crippen molar-refractivity contribution in [2.75, 3.05) is 6.61 Å². The number of nitrogens with one attached hydrogen (secondary N) is 1. The first kappa shape index (κ1) is 20.0. The zero-order chi connectivity index (χ0) is 18.3. The van der Waals surface area contributed by atoms with Crippen molar-refractivity contribution in [2.45, 2.75) is 45.8 Å². The number of carbonyl (C=O) groups is 2. The second-order valence-corrected chi connectivity index (χ2v) is 5.76. The number of amides is 1. The van der Waals surface area contributed by atoms with E-state index in [9.17, 15) is 22.8 Å². The Balaban J connectivity index is 2.93. The topological polar surface area (TPSA) is 55.4 Å². The van der Waals surface area contributed by atoms with Gasteiger partial charge in [-0.2, -0.15) is 13.2 Å². The molecule has 0 fully saturated rings. The summed E-state index contributed by atoms with van der Waals surface area (Å²) in [6.45, 7) is 5.51. The highest BCUT2D eigenvalue weighted by Crippen LogP contribution is 2.31. The molecule has 0 heterocycles. The number of hydrogen-bond donors (Lipinski definition) is 1. The lowest BCUT2D eigenvalue weighted by atomic mass is 10.0. The minimum absolute atomic E-state index is 0.216. The van der Waals surface area contributed by atoms with Gasteiger partial charge in [-0.3, -0.25) is 4.79 Å². The molecule has 1 rings (SSSR count). The van der Waals surface area contributed by atoms with Gasteiger partial charge in [0, 0.05) is 0 Å². The molecule has 134 valence electrons. The van der Waals surface area contributed by atoms with Crippen molar-refractivity contribution in [3.63, 3.8) is 0 Å². The Labute approximate surface area is 139 Å². The summed E-state index contributed by atoms with van der Waals surface area (Å²) < 4.78 is 44.1. The first-order chi connectivity index (χ1) is 11.2. The predicted molar refractivity (Wildman–Crippen MR) is 83.4 cm³/mol. The van der Waals surface area contributed by atoms with Crippen LogP contribution in [-0.2, 0) is 15.7 Å². The molecule has 24 heavy (non-hydrogen) atoms. The van der Waals surface area contributed by atoms with Gasteiger partial charge in [0.15, 0.2) is 0 Å². The van der Waals surface area contributed by atoms with E-state index < -0.39 is 35.2 Å². The summed E-state index contributed by atoms with van der Waals surface area (Å²) in [5, 5.41) is 2.36. The van der Waals surface area contributed by atoms with E-state index in [1.54, 1.807) is 13.8 Å². The van der Waals surface area contributed by atoms with E-state index in [2.05, 4.69) is 5.32 Å². The van der Waals surface area contributed by atoms with Crippen molar-refractivity contribution in [1.29, 1.82) is 0 Å². The van der Waals surface area contributed by atoms with Crippen molar-refractivity contribution < 1.29 is 27.5 Å². The fraction of sp³-hybridized carbons (Fsp3) is 0.529. The summed E-state index contributed by atoms with van der Waals surface area (Å²) in [6, 6.07) is 3.46. The lowest BCUT2D eigenvalue weighted by Crippen LogP contribution is -2.45. The van der Waals surface area contributed by atoms with Gasteiger partial charge in [0.05, 0.1) is 17.7 Å². The number of halogens is 3. The second-order valence-electron chi connectivity index (χ2n) is 5.76. The summed E-state index contributed by atoms with van der Waals surface area (Å²) in [5.41, 5.74) is -1.55. The van der Waals surface area contributed by atoms with E-state index >= 15 is 0 Å². The minimum Gasteiger partial charge on any atom is -0.464 e. The second kappa shape index (κ2) is 8.70. The number of unbranched alkanes of at least 4 members (excludes halogenated alkanes) is 1. The standard InChI is InChI=1S/C17H22F3NO3/c1-4-5-10-24-16(23)14(11(2)3)21-15(22)12-8-6-7-9-13(12)17(18,19)20/h6-9,11,14H,4-5,10H2,1-3H3,(H,21,22). The molecular formula is C17H22F3NO3. The highest BCUT2D eigenvalue weighted by Gasteiger charge is 2.36. The van der Waals surface area contributed by atoms with E-state index in [0.29, 0.717) is 6.42 Å². The lowest BCUT2D eigenvalue weighted by molar-refractivity contribution is -0.147. The molecule has 1 amide bonds. The van der Waals surface area contributed by atoms with Crippen LogP contribution < -0.4 is 5.32 Å². The molecule has 0 saturated carbocycles. The van der Waals surface area contributed by atoms with Crippen molar-refractivity contribution in [1.82, 2.24) is 5.32 Å². The number of esters is 1. The molecule has 0 bridgehead atoms. The maximum Gasteiger partial charge on any atom is 0.417 e. The molecule has 1 N–H and O–H groups in total. The third kappa shape index (κ3) is 5.54. The Morgan fingerprint density at radius 2 is 1.83 bits per heavy atom. The third-order valence-corrected chi connectivity index (χ3v) is 3.43. The summed E-state index contributed by atoms with van der Waals surface area (Å²) in [4.78, 5) is 24.3. The first-order valence-electron chi connectivity index (χ1n) is 7.82. The molecule has 7 heteroatoms. The van der Waals surface area contributed by atoms with Gasteiger partial charge in [0.25, 0.3) is 5.91 Å². The number of carbonyl (C=O) groups excluding carboxylic acids is 2. The van der Waals surface area contributed by atoms with Crippen LogP contribution in [0.2, 0.25) is 0 Å². The Hall–Kier alpha value is -2.05. The Morgan fingerprint density at radius 1 is 1.21 bits per heavy atom. The molecule has 0 aliphatic carbocycles. The smallest absolute Gasteiger partial charge is 0.417 e. The number of ether oxygens (including phenoxy) is 1. The zero-order valence-electron chi connectivity index (χ0n) is 13.9. The maximum atomic E-state index is 13.0. The molecule has 1 atom stereocenters. The van der Waals surface area contributed by atoms with Gasteiger partial charge in [-0.1, -0.05) is 39.3 Å². The fourth-order valence-corrected chi connectivity index (χ4v) is 2.05. The van der Waals surface area contributed by atoms with E-state index in [4.69, 9.17) is 4.74 Å². The highest BCUT2D eigenvalue weighted by molar-refractivity contribution is 5.98. The maximum absolute atomic E-state index is 13.0. The number of hydrogen-bond acceptors (Lipinski definition) is 3. The summed E-state index contributed by atoms with van der Waals surface area (Å²) in [5.74, 6) is -1.91. The fourth-order valence-electron chi connectivity index (χ4n) is 2.05. The molecule has 1 unspecified atom stereocenters. The monoisotopic (exact) mass is 345 g/mol. The van der Waals surface area contributed by atoms with Crippen LogP contribution in [0.25, 0.3) is 0 Å². The lowest BCUT2D eigenvalue weighted by Gasteiger charge is -2.22. The van der Waals surface area contributed by atoms with Gasteiger partial charge in [-0.25, -0.2) is 4.79 Å². The van der Waals surface area contributed by atoms with Gasteiger partial charge < -0.3 is 10.1 Å². The molecule has 0 aliphatic heterocycles. The van der Waals surface area contributed by atoms with Crippen LogP contribution in [-0.4, -0.2) is 24.5 Å². The minimum atomic E-state index is -4.65. The quantitative estimate of drug-likeness (QED) is 0.604. The Morgan fingerprint density at radius 3 is 2.38 bits per heavy atom. The van der Waals surface area contributed by atoms with Gasteiger partial charge in [0.1, 0.15) is 6.04 Å². The third-order valence-electron chi connectivity index (χ3n) is 3.43. The molecule has 0 aromatic heterocycles. The predicted octanol–water partition coefficient (Wildman–Crippen LogP) is 3.80. The van der Waals surface area contributed by atoms with Crippen LogP contribution >= 0.6 is 0 Å². The zero-order valence-corrected chi connectivity index (χ0v) is 13.9. The molecule has 1 aromatic rings. The SMILES string of the molecule is CCCCOC(=O)C(NC(=O)c1ccccc1C(F)(F)F)C(C)C. The van der Waals surface area contributed by atoms with Crippen LogP contribution in [0.1, 0.15) is 49.5 Å². The van der Waals surface area contributed by atoms with Crippen LogP contribution in [0.15, 0.2) is 24.3 Å². The number of benzene rings is 1. The van der Waals surface area contributed by atoms with Crippen LogP contribution in [0, 0.1) is 5.92 Å². The number of rotatable bonds is 7. The van der Waals surface area contributed by atoms with Crippen LogP contribution in [0.4, 0.5) is 13.2 Å². The van der Waals surface area contributed by atoms with Crippen molar-refractivity contribution in [3.8, 4) is 0 Å². The van der Waals surface area contributed by atoms with Crippen molar-refractivity contribution >= 4 is 11.9 Å². The largest absolute Gasteiger partial charge is 0.464 e. The van der Waals surface area contributed by atoms with Gasteiger partial charge in [0.2, 0.25) is 0 Å². The van der Waals surface area contributed by atoms with Crippen LogP contribution in [0.3, 0.4) is 0 Å². The average Bonchev–Trinajstić information content (AvgIpc) is 2.51. The molecule has 4 nitrogen and oxygen atoms in total. The normalized spacial score (nSPS) is 12.8. The molecule has 1 aromatic carbocycles. The molecule has 0 spiro atoms. The van der Waals surface area contributed by atoms with E-state index in [1.807, 2.05) is 6.92 Å². The molecular weight excluding hydrogens is 323 g/mol. The molecule has 0 radical (unpaired) electrons. The Bertz CT molecular complexity index is 570. The summed E-state index contributed by atoms with van der Waals surface area (Å²) in [6.07, 6.45) is -3.13. The van der Waals surface area contributed by atoms with Crippen LogP contribution in [0.5, 0.6) is 0 Å². The van der Waals surface area contributed by atoms with Crippen molar-refractivity contribution in [3.05, 3.63) is 35.4 Å². The number of alkyl halides is 3. The summed E-state index contributed by atoms with van der Waals surface area (Å²) >= 11 is 0. The van der Waals surface area contributed by atoms with Gasteiger partial charge in [-0.05, 0) is 24.5 Å². The van der Waals surface area contributed by atoms with Gasteiger partial charge in [-0.15, -0.1) is 0 Å². The average molecular weight is 345 g/mol. The van der Waals surface area contributed by atoms with Crippen molar-refractivity contribution in [2.24, 2.45) is 5.92 Å². The van der Waals surface area contributed by atoms with E-state index in [0.717, 1.165) is 18.6 Å². The summed E-state index contributed by atoms with van der Waals surface area (Å²) in [7, 11) is 0. The molecule has 0 saturated heterocycles. The highest BCUT2D eigenvalue weighted by atomic mass is 19.4. The van der Waals surface area contributed by atoms with E-state index in [-0.39, 0.29) is 12.5 Å². The Kier molecular flexibility index (Phi) is 7.25. The van der Waals surface area contributed by atoms with Gasteiger partial charge >= 0.3 is 12.1 Å².